The average Bonchev–Trinajstić information content (AvgIpc) is 2.28. The Morgan fingerprint density at radius 3 is 2.60 bits per heavy atom. The Morgan fingerprint density at radius 1 is 1.27 bits per heavy atom. The van der Waals surface area contributed by atoms with Gasteiger partial charge in [0.25, 0.3) is 0 Å². The molecule has 0 amide bonds. The van der Waals surface area contributed by atoms with E-state index in [1.165, 1.54) is 25.7 Å². The van der Waals surface area contributed by atoms with Crippen molar-refractivity contribution < 1.29 is 4.52 Å². The van der Waals surface area contributed by atoms with Gasteiger partial charge in [-0.25, -0.2) is 0 Å². The van der Waals surface area contributed by atoms with Crippen molar-refractivity contribution in [2.24, 2.45) is 5.92 Å². The van der Waals surface area contributed by atoms with Crippen molar-refractivity contribution in [1.29, 1.82) is 0 Å². The van der Waals surface area contributed by atoms with Crippen LogP contribution in [0, 0.1) is 5.92 Å². The topological polar surface area (TPSA) is 45.3 Å². The van der Waals surface area contributed by atoms with Crippen LogP contribution in [0.15, 0.2) is 0 Å². The molecule has 0 aromatic carbocycles. The first-order valence-electron chi connectivity index (χ1n) is 5.58. The highest BCUT2D eigenvalue weighted by molar-refractivity contribution is 7.49. The van der Waals surface area contributed by atoms with E-state index in [1.807, 2.05) is 7.05 Å². The Labute approximate surface area is 96.4 Å². The standard InChI is InChI=1S/C9H23N3OP2/c1-10-11-7-8-3-5-9(6-4-8)13-15-12-14-2/h8-12,14-15H,3-7H2,1-2H3. The van der Waals surface area contributed by atoms with Gasteiger partial charge in [-0.15, -0.1) is 0 Å². The van der Waals surface area contributed by atoms with E-state index < -0.39 is 0 Å². The van der Waals surface area contributed by atoms with Crippen LogP contribution in [0.1, 0.15) is 25.7 Å². The highest BCUT2D eigenvalue weighted by atomic mass is 31.2. The lowest BCUT2D eigenvalue weighted by Gasteiger charge is -2.28. The van der Waals surface area contributed by atoms with Crippen molar-refractivity contribution in [3.63, 3.8) is 0 Å². The van der Waals surface area contributed by atoms with E-state index in [0.29, 0.717) is 15.1 Å². The first-order valence-corrected chi connectivity index (χ1v) is 7.99. The van der Waals surface area contributed by atoms with Crippen molar-refractivity contribution in [2.75, 3.05) is 20.3 Å². The molecular weight excluding hydrogens is 228 g/mol. The molecule has 0 heterocycles. The fourth-order valence-electron chi connectivity index (χ4n) is 1.86. The lowest BCUT2D eigenvalue weighted by Crippen LogP contribution is -2.34. The van der Waals surface area contributed by atoms with Crippen LogP contribution in [-0.4, -0.2) is 26.4 Å². The Morgan fingerprint density at radius 2 is 2.00 bits per heavy atom. The van der Waals surface area contributed by atoms with Crippen molar-refractivity contribution >= 4 is 17.7 Å². The maximum Gasteiger partial charge on any atom is 0.0899 e. The van der Waals surface area contributed by atoms with E-state index in [1.54, 1.807) is 0 Å². The maximum atomic E-state index is 5.76. The number of hydrogen-bond acceptors (Lipinski definition) is 4. The Balaban J connectivity index is 2.02. The van der Waals surface area contributed by atoms with Gasteiger partial charge in [0, 0.05) is 6.54 Å². The molecule has 2 unspecified atom stereocenters. The summed E-state index contributed by atoms with van der Waals surface area (Å²) in [6.45, 7) is 3.22. The molecule has 0 bridgehead atoms. The SMILES string of the molecule is CNNCC1CCC(OPNPC)CC1. The predicted molar refractivity (Wildman–Crippen MR) is 69.6 cm³/mol. The normalized spacial score (nSPS) is 28.4. The monoisotopic (exact) mass is 251 g/mol. The lowest BCUT2D eigenvalue weighted by molar-refractivity contribution is 0.147. The molecule has 0 aliphatic heterocycles. The predicted octanol–water partition coefficient (Wildman–Crippen LogP) is 1.61. The van der Waals surface area contributed by atoms with Gasteiger partial charge in [0.1, 0.15) is 0 Å². The molecular formula is C9H23N3OP2. The molecule has 90 valence electrons. The van der Waals surface area contributed by atoms with Gasteiger partial charge in [0.05, 0.1) is 15.1 Å². The van der Waals surface area contributed by atoms with E-state index in [4.69, 9.17) is 4.52 Å². The molecule has 1 aliphatic carbocycles. The van der Waals surface area contributed by atoms with E-state index in [2.05, 4.69) is 22.4 Å². The molecule has 0 radical (unpaired) electrons. The zero-order valence-corrected chi connectivity index (χ0v) is 11.6. The van der Waals surface area contributed by atoms with E-state index in [-0.39, 0.29) is 0 Å². The van der Waals surface area contributed by atoms with Crippen LogP contribution in [0.25, 0.3) is 0 Å². The second kappa shape index (κ2) is 8.81. The van der Waals surface area contributed by atoms with E-state index in [9.17, 15) is 0 Å². The lowest BCUT2D eigenvalue weighted by atomic mass is 9.88. The molecule has 3 N–H and O–H groups in total. The van der Waals surface area contributed by atoms with Gasteiger partial charge >= 0.3 is 0 Å². The first-order chi connectivity index (χ1) is 7.36. The summed E-state index contributed by atoms with van der Waals surface area (Å²) in [5, 5.41) is 0. The minimum Gasteiger partial charge on any atom is -0.343 e. The highest BCUT2D eigenvalue weighted by Gasteiger charge is 2.21. The van der Waals surface area contributed by atoms with Crippen LogP contribution >= 0.6 is 17.7 Å². The third-order valence-electron chi connectivity index (χ3n) is 2.76. The van der Waals surface area contributed by atoms with Crippen molar-refractivity contribution in [2.45, 2.75) is 31.8 Å². The Kier molecular flexibility index (Phi) is 8.08. The summed E-state index contributed by atoms with van der Waals surface area (Å²) in [5.74, 6) is 0.821. The third kappa shape index (κ3) is 6.11. The van der Waals surface area contributed by atoms with Gasteiger partial charge in [-0.1, -0.05) is 8.73 Å². The van der Waals surface area contributed by atoms with Crippen LogP contribution in [0.3, 0.4) is 0 Å². The second-order valence-corrected chi connectivity index (χ2v) is 5.81. The number of rotatable bonds is 7. The number of nitrogens with one attached hydrogen (secondary N) is 3. The Hall–Kier alpha value is 0.700. The summed E-state index contributed by atoms with van der Waals surface area (Å²) in [6, 6.07) is 0. The minimum atomic E-state index is 0.491. The van der Waals surface area contributed by atoms with E-state index in [0.717, 1.165) is 21.2 Å². The van der Waals surface area contributed by atoms with Gasteiger partial charge < -0.3 is 4.52 Å². The van der Waals surface area contributed by atoms with Crippen LogP contribution in [0.2, 0.25) is 0 Å². The van der Waals surface area contributed by atoms with Crippen molar-refractivity contribution in [3.05, 3.63) is 0 Å². The zero-order valence-electron chi connectivity index (χ0n) is 9.60. The molecule has 0 aromatic heterocycles. The Bertz CT molecular complexity index is 154. The second-order valence-electron chi connectivity index (χ2n) is 3.87. The quantitative estimate of drug-likeness (QED) is 0.365. The van der Waals surface area contributed by atoms with Gasteiger partial charge in [0.2, 0.25) is 0 Å². The molecule has 6 heteroatoms. The van der Waals surface area contributed by atoms with Gasteiger partial charge in [0.15, 0.2) is 0 Å². The van der Waals surface area contributed by atoms with Crippen LogP contribution < -0.4 is 15.7 Å². The number of hydrazine groups is 1. The first kappa shape index (κ1) is 13.8. The van der Waals surface area contributed by atoms with Gasteiger partial charge in [-0.2, -0.15) is 0 Å². The van der Waals surface area contributed by atoms with Crippen LogP contribution in [-0.2, 0) is 4.52 Å². The molecule has 0 saturated heterocycles. The fourth-order valence-corrected chi connectivity index (χ4v) is 2.91. The minimum absolute atomic E-state index is 0.491. The summed E-state index contributed by atoms with van der Waals surface area (Å²) < 4.78 is 5.76. The summed E-state index contributed by atoms with van der Waals surface area (Å²) in [6.07, 6.45) is 5.52. The molecule has 1 saturated carbocycles. The molecule has 4 nitrogen and oxygen atoms in total. The molecule has 0 spiro atoms. The summed E-state index contributed by atoms with van der Waals surface area (Å²) in [4.78, 5) is 3.25. The fraction of sp³-hybridized carbons (Fsp3) is 1.00. The van der Waals surface area contributed by atoms with Crippen molar-refractivity contribution in [3.8, 4) is 0 Å². The molecule has 1 rings (SSSR count). The average molecular weight is 251 g/mol. The van der Waals surface area contributed by atoms with E-state index >= 15 is 0 Å². The maximum absolute atomic E-state index is 5.76. The molecule has 0 aromatic rings. The third-order valence-corrected chi connectivity index (χ3v) is 4.62. The van der Waals surface area contributed by atoms with Crippen molar-refractivity contribution in [1.82, 2.24) is 15.7 Å². The summed E-state index contributed by atoms with van der Waals surface area (Å²) in [5.41, 5.74) is 6.16. The highest BCUT2D eigenvalue weighted by Crippen LogP contribution is 2.29. The van der Waals surface area contributed by atoms with Gasteiger partial charge in [-0.05, 0) is 45.3 Å². The summed E-state index contributed by atoms with van der Waals surface area (Å²) in [7, 11) is 3.21. The molecule has 1 aliphatic rings. The zero-order chi connectivity index (χ0) is 10.9. The summed E-state index contributed by atoms with van der Waals surface area (Å²) >= 11 is 0. The number of hydrogen-bond donors (Lipinski definition) is 3. The largest absolute Gasteiger partial charge is 0.343 e. The molecule has 1 fully saturated rings. The smallest absolute Gasteiger partial charge is 0.0899 e. The van der Waals surface area contributed by atoms with Crippen LogP contribution in [0.5, 0.6) is 0 Å². The molecule has 15 heavy (non-hydrogen) atoms. The van der Waals surface area contributed by atoms with Crippen LogP contribution in [0.4, 0.5) is 0 Å². The van der Waals surface area contributed by atoms with Gasteiger partial charge in [-0.3, -0.25) is 15.7 Å². The molecule has 2 atom stereocenters.